The van der Waals surface area contributed by atoms with Crippen molar-refractivity contribution < 1.29 is 0 Å². The Kier molecular flexibility index (Phi) is 3.67. The van der Waals surface area contributed by atoms with Crippen molar-refractivity contribution in [3.05, 3.63) is 46.9 Å². The normalized spacial score (nSPS) is 10.4. The average molecular weight is 263 g/mol. The summed E-state index contributed by atoms with van der Waals surface area (Å²) in [6.07, 6.45) is 1.56. The second-order valence-corrected chi connectivity index (χ2v) is 4.63. The fraction of sp³-hybridized carbons (Fsp3) is 0.231. The van der Waals surface area contributed by atoms with Gasteiger partial charge < -0.3 is 10.6 Å². The van der Waals surface area contributed by atoms with Gasteiger partial charge in [0.2, 0.25) is 0 Å². The number of anilines is 2. The van der Waals surface area contributed by atoms with E-state index < -0.39 is 0 Å². The quantitative estimate of drug-likeness (QED) is 0.864. The Morgan fingerprint density at radius 1 is 1.28 bits per heavy atom. The van der Waals surface area contributed by atoms with E-state index in [1.165, 1.54) is 0 Å². The number of benzene rings is 1. The predicted octanol–water partition coefficient (Wildman–Crippen LogP) is 2.66. The topological polar surface area (TPSA) is 55.0 Å². The highest BCUT2D eigenvalue weighted by molar-refractivity contribution is 6.31. The van der Waals surface area contributed by atoms with Gasteiger partial charge in [0, 0.05) is 36.1 Å². The maximum Gasteiger partial charge on any atom is 0.132 e. The van der Waals surface area contributed by atoms with Crippen LogP contribution in [0.1, 0.15) is 11.3 Å². The van der Waals surface area contributed by atoms with E-state index in [9.17, 15) is 0 Å². The number of halogens is 1. The molecule has 4 nitrogen and oxygen atoms in total. The number of nitrogens with zero attached hydrogens (tertiary/aromatic N) is 3. The van der Waals surface area contributed by atoms with Crippen molar-refractivity contribution in [2.45, 2.75) is 13.5 Å². The third-order valence-electron chi connectivity index (χ3n) is 2.66. The van der Waals surface area contributed by atoms with Gasteiger partial charge in [-0.05, 0) is 30.7 Å². The molecule has 1 aromatic heterocycles. The van der Waals surface area contributed by atoms with Crippen molar-refractivity contribution in [2.75, 3.05) is 17.7 Å². The zero-order valence-corrected chi connectivity index (χ0v) is 11.1. The van der Waals surface area contributed by atoms with Crippen LogP contribution in [0.5, 0.6) is 0 Å². The molecular formula is C13H15ClN4. The Morgan fingerprint density at radius 3 is 2.78 bits per heavy atom. The molecule has 0 saturated carbocycles. The van der Waals surface area contributed by atoms with E-state index in [4.69, 9.17) is 17.3 Å². The third kappa shape index (κ3) is 2.90. The van der Waals surface area contributed by atoms with Crippen LogP contribution < -0.4 is 10.6 Å². The van der Waals surface area contributed by atoms with E-state index in [2.05, 4.69) is 9.97 Å². The maximum absolute atomic E-state index is 6.14. The van der Waals surface area contributed by atoms with Crippen LogP contribution in [0.15, 0.2) is 30.6 Å². The van der Waals surface area contributed by atoms with Crippen molar-refractivity contribution in [3.63, 3.8) is 0 Å². The lowest BCUT2D eigenvalue weighted by Gasteiger charge is -2.19. The molecule has 2 aromatic rings. The van der Waals surface area contributed by atoms with Gasteiger partial charge in [-0.1, -0.05) is 11.6 Å². The molecule has 0 amide bonds. The molecule has 0 aliphatic carbocycles. The second kappa shape index (κ2) is 5.23. The Labute approximate surface area is 111 Å². The van der Waals surface area contributed by atoms with Crippen LogP contribution >= 0.6 is 11.6 Å². The van der Waals surface area contributed by atoms with E-state index in [1.807, 2.05) is 37.1 Å². The molecule has 0 unspecified atom stereocenters. The first kappa shape index (κ1) is 12.6. The minimum Gasteiger partial charge on any atom is -0.399 e. The summed E-state index contributed by atoms with van der Waals surface area (Å²) in [5, 5.41) is 0.710. The van der Waals surface area contributed by atoms with E-state index in [0.717, 1.165) is 17.1 Å². The molecule has 0 atom stereocenters. The summed E-state index contributed by atoms with van der Waals surface area (Å²) in [7, 11) is 1.96. The number of aryl methyl sites for hydroxylation is 1. The number of nitrogen functional groups attached to an aromatic ring is 1. The lowest BCUT2D eigenvalue weighted by molar-refractivity contribution is 0.886. The number of rotatable bonds is 3. The largest absolute Gasteiger partial charge is 0.399 e. The van der Waals surface area contributed by atoms with Gasteiger partial charge in [0.15, 0.2) is 0 Å². The molecular weight excluding hydrogens is 248 g/mol. The highest BCUT2D eigenvalue weighted by atomic mass is 35.5. The number of aromatic nitrogens is 2. The fourth-order valence-electron chi connectivity index (χ4n) is 1.70. The van der Waals surface area contributed by atoms with E-state index in [1.54, 1.807) is 12.4 Å². The maximum atomic E-state index is 6.14. The van der Waals surface area contributed by atoms with Crippen LogP contribution in [0.3, 0.4) is 0 Å². The molecule has 0 radical (unpaired) electrons. The van der Waals surface area contributed by atoms with Crippen LogP contribution in [-0.2, 0) is 6.54 Å². The third-order valence-corrected chi connectivity index (χ3v) is 3.03. The highest BCUT2D eigenvalue weighted by Gasteiger charge is 2.07. The van der Waals surface area contributed by atoms with Crippen LogP contribution in [0, 0.1) is 6.92 Å². The standard InChI is InChI=1S/C13H15ClN4/c1-9-5-13(17-8-16-9)18(2)7-10-6-11(15)3-4-12(10)14/h3-6,8H,7,15H2,1-2H3. The van der Waals surface area contributed by atoms with Gasteiger partial charge in [-0.25, -0.2) is 9.97 Å². The first-order valence-electron chi connectivity index (χ1n) is 5.60. The molecule has 94 valence electrons. The summed E-state index contributed by atoms with van der Waals surface area (Å²) in [5.41, 5.74) is 8.39. The van der Waals surface area contributed by atoms with E-state index >= 15 is 0 Å². The van der Waals surface area contributed by atoms with Gasteiger partial charge in [-0.3, -0.25) is 0 Å². The number of hydrogen-bond acceptors (Lipinski definition) is 4. The average Bonchev–Trinajstić information content (AvgIpc) is 2.34. The van der Waals surface area contributed by atoms with Gasteiger partial charge >= 0.3 is 0 Å². The van der Waals surface area contributed by atoms with Gasteiger partial charge in [-0.2, -0.15) is 0 Å². The van der Waals surface area contributed by atoms with Crippen molar-refractivity contribution in [1.82, 2.24) is 9.97 Å². The Morgan fingerprint density at radius 2 is 2.06 bits per heavy atom. The van der Waals surface area contributed by atoms with Crippen LogP contribution in [0.4, 0.5) is 11.5 Å². The fourth-order valence-corrected chi connectivity index (χ4v) is 1.88. The lowest BCUT2D eigenvalue weighted by Crippen LogP contribution is -2.18. The van der Waals surface area contributed by atoms with Gasteiger partial charge in [0.05, 0.1) is 0 Å². The summed E-state index contributed by atoms with van der Waals surface area (Å²) >= 11 is 6.14. The number of hydrogen-bond donors (Lipinski definition) is 1. The number of nitrogens with two attached hydrogens (primary N) is 1. The lowest BCUT2D eigenvalue weighted by atomic mass is 10.2. The molecule has 18 heavy (non-hydrogen) atoms. The Balaban J connectivity index is 2.21. The van der Waals surface area contributed by atoms with Gasteiger partial charge in [-0.15, -0.1) is 0 Å². The van der Waals surface area contributed by atoms with Gasteiger partial charge in [0.1, 0.15) is 12.1 Å². The molecule has 1 heterocycles. The monoisotopic (exact) mass is 262 g/mol. The molecule has 0 fully saturated rings. The molecule has 0 aliphatic heterocycles. The van der Waals surface area contributed by atoms with E-state index in [0.29, 0.717) is 17.3 Å². The Hall–Kier alpha value is -1.81. The zero-order chi connectivity index (χ0) is 13.1. The molecule has 0 saturated heterocycles. The van der Waals surface area contributed by atoms with Crippen LogP contribution in [-0.4, -0.2) is 17.0 Å². The minimum absolute atomic E-state index is 0.653. The zero-order valence-electron chi connectivity index (χ0n) is 10.4. The van der Waals surface area contributed by atoms with Crippen molar-refractivity contribution in [1.29, 1.82) is 0 Å². The molecule has 0 aliphatic rings. The summed E-state index contributed by atoms with van der Waals surface area (Å²) in [5.74, 6) is 0.862. The van der Waals surface area contributed by atoms with E-state index in [-0.39, 0.29) is 0 Å². The van der Waals surface area contributed by atoms with Crippen molar-refractivity contribution >= 4 is 23.1 Å². The molecule has 0 spiro atoms. The van der Waals surface area contributed by atoms with Crippen molar-refractivity contribution in [2.24, 2.45) is 0 Å². The summed E-state index contributed by atoms with van der Waals surface area (Å²) in [6.45, 7) is 2.59. The highest BCUT2D eigenvalue weighted by Crippen LogP contribution is 2.22. The summed E-state index contributed by atoms with van der Waals surface area (Å²) in [4.78, 5) is 10.3. The summed E-state index contributed by atoms with van der Waals surface area (Å²) < 4.78 is 0. The van der Waals surface area contributed by atoms with Crippen LogP contribution in [0.2, 0.25) is 5.02 Å². The molecule has 2 rings (SSSR count). The molecule has 2 N–H and O–H groups in total. The molecule has 0 bridgehead atoms. The predicted molar refractivity (Wildman–Crippen MR) is 74.7 cm³/mol. The molecule has 5 heteroatoms. The van der Waals surface area contributed by atoms with Crippen molar-refractivity contribution in [3.8, 4) is 0 Å². The molecule has 1 aromatic carbocycles. The smallest absolute Gasteiger partial charge is 0.132 e. The minimum atomic E-state index is 0.653. The second-order valence-electron chi connectivity index (χ2n) is 4.22. The van der Waals surface area contributed by atoms with Gasteiger partial charge in [0.25, 0.3) is 0 Å². The first-order chi connectivity index (χ1) is 8.56. The Bertz CT molecular complexity index is 556. The first-order valence-corrected chi connectivity index (χ1v) is 5.98. The SMILES string of the molecule is Cc1cc(N(C)Cc2cc(N)ccc2Cl)ncn1. The van der Waals surface area contributed by atoms with Crippen LogP contribution in [0.25, 0.3) is 0 Å². The summed E-state index contributed by atoms with van der Waals surface area (Å²) in [6, 6.07) is 7.42.